The number of anilines is 1. The van der Waals surface area contributed by atoms with Crippen LogP contribution in [0.1, 0.15) is 157 Å². The number of aromatic nitrogens is 1. The average molecular weight is 1860 g/mol. The molecule has 5 aliphatic heterocycles. The number of urea groups is 1. The number of para-hydroxylation sites is 1. The van der Waals surface area contributed by atoms with E-state index in [1.807, 2.05) is 31.0 Å². The fourth-order valence-corrected chi connectivity index (χ4v) is 22.7. The number of amides is 7. The number of aliphatic hydroxyl groups is 3. The number of hydrogen-bond donors (Lipinski definition) is 16. The summed E-state index contributed by atoms with van der Waals surface area (Å²) >= 11 is 0. The summed E-state index contributed by atoms with van der Waals surface area (Å²) in [7, 11) is 5.56. The molecule has 16 atom stereocenters. The van der Waals surface area contributed by atoms with Gasteiger partial charge < -0.3 is 103 Å². The number of ether oxygens (including phenoxy) is 3. The minimum absolute atomic E-state index is 0.0334. The number of alkyl carbamates (subject to hydrolysis) is 1. The molecule has 1 saturated carbocycles. The van der Waals surface area contributed by atoms with E-state index in [4.69, 9.17) is 29.9 Å². The molecule has 0 radical (unpaired) electrons. The van der Waals surface area contributed by atoms with Crippen LogP contribution in [0.25, 0.3) is 10.9 Å². The minimum atomic E-state index is -2.46. The zero-order chi connectivity index (χ0) is 95.3. The molecule has 6 aliphatic rings. The summed E-state index contributed by atoms with van der Waals surface area (Å²) in [5.41, 5.74) is 7.18. The summed E-state index contributed by atoms with van der Waals surface area (Å²) < 4.78 is 16.6. The number of nitrogens with zero attached hydrogens (tertiary/aromatic N) is 3. The Morgan fingerprint density at radius 2 is 1.34 bits per heavy atom. The van der Waals surface area contributed by atoms with Crippen LogP contribution in [-0.4, -0.2) is 284 Å². The summed E-state index contributed by atoms with van der Waals surface area (Å²) in [6.07, 6.45) is -2.55. The topological polar surface area (TPSA) is 578 Å². The highest BCUT2D eigenvalue weighted by Crippen LogP contribution is 2.69. The lowest BCUT2D eigenvalue weighted by Gasteiger charge is -2.65. The molecule has 38 nitrogen and oxygen atoms in total. The number of hydrogen-bond acceptors (Lipinski definition) is 28. The van der Waals surface area contributed by atoms with Crippen molar-refractivity contribution in [3.8, 4) is 5.75 Å². The van der Waals surface area contributed by atoms with E-state index >= 15 is 4.79 Å². The second-order valence-electron chi connectivity index (χ2n) is 34.6. The Balaban J connectivity index is 0.00000586. The number of aromatic amines is 1. The highest BCUT2D eigenvalue weighted by Gasteiger charge is 2.79. The molecule has 6 heterocycles. The monoisotopic (exact) mass is 1860 g/mol. The quantitative estimate of drug-likeness (QED) is 0.0115. The van der Waals surface area contributed by atoms with Crippen molar-refractivity contribution in [3.63, 3.8) is 0 Å². The number of aliphatic carboxylic acids is 4. The highest BCUT2D eigenvalue weighted by molar-refractivity contribution is 8.76. The van der Waals surface area contributed by atoms with Gasteiger partial charge in [-0.15, -0.1) is 0 Å². The zero-order valence-corrected chi connectivity index (χ0v) is 75.4. The summed E-state index contributed by atoms with van der Waals surface area (Å²) in [5, 5.41) is 96.3. The first-order valence-electron chi connectivity index (χ1n) is 43.9. The van der Waals surface area contributed by atoms with E-state index in [-0.39, 0.29) is 75.0 Å². The first-order valence-corrected chi connectivity index (χ1v) is 46.4. The number of nitrogens with two attached hydrogens (primary N) is 1. The van der Waals surface area contributed by atoms with Gasteiger partial charge in [0.1, 0.15) is 24.4 Å². The van der Waals surface area contributed by atoms with Crippen LogP contribution in [0.2, 0.25) is 0 Å². The van der Waals surface area contributed by atoms with Crippen LogP contribution in [0.3, 0.4) is 0 Å². The number of fused-ring (bicyclic) bond motifs is 5. The smallest absolute Gasteiger partial charge is 0.407 e. The van der Waals surface area contributed by atoms with E-state index in [0.717, 1.165) is 87.5 Å². The van der Waals surface area contributed by atoms with Gasteiger partial charge in [0.05, 0.1) is 62.2 Å². The lowest BCUT2D eigenvalue weighted by Crippen LogP contribution is -2.81. The maximum absolute atomic E-state index is 15.4. The van der Waals surface area contributed by atoms with E-state index in [9.17, 15) is 93.0 Å². The highest BCUT2D eigenvalue weighted by atomic mass is 33.1. The fraction of sp³-hybridized carbons (Fsp3) is 0.549. The van der Waals surface area contributed by atoms with Crippen molar-refractivity contribution in [1.29, 1.82) is 0 Å². The number of piperidine rings is 2. The van der Waals surface area contributed by atoms with Gasteiger partial charge >= 0.3 is 42.2 Å². The molecule has 11 rings (SSSR count). The molecule has 2 unspecified atom stereocenters. The van der Waals surface area contributed by atoms with Gasteiger partial charge in [-0.3, -0.25) is 62.5 Å². The molecule has 4 aromatic carbocycles. The molecular formula is C91H118N12O26S2. The van der Waals surface area contributed by atoms with Crippen molar-refractivity contribution in [1.82, 2.24) is 52.0 Å². The number of methoxy groups -OCH3 is 1. The molecule has 40 heteroatoms. The van der Waals surface area contributed by atoms with Gasteiger partial charge in [0.15, 0.2) is 29.2 Å². The van der Waals surface area contributed by atoms with Gasteiger partial charge in [-0.2, -0.15) is 9.59 Å². The number of Topliss-reactive ketones (excluding diaryl/α,β-unsaturated/α-hetero) is 3. The van der Waals surface area contributed by atoms with Crippen LogP contribution in [0, 0.1) is 17.3 Å². The lowest BCUT2D eigenvalue weighted by molar-refractivity contribution is -0.220. The van der Waals surface area contributed by atoms with Gasteiger partial charge in [0, 0.05) is 138 Å². The van der Waals surface area contributed by atoms with Crippen LogP contribution >= 0.6 is 21.6 Å². The standard InChI is InChI=1S/C90H118N12O24S2.CO2/c1-6-87-30-16-35-102-37-32-89(81(87)102)58-44-59(86(3)47-69-88(122,7-2)31-17-34-101(69)36-29-57-56-22-14-15-23-61(56)96-76(57)86)68(124-5)46-65(58)100(4)82(89)90(123,83(87)119)70(106)49-94-85(121)125-38-39-127-128-50-55(79(115)116)43-67(105)64(45-75(111)112)97-78(114)60(91)48-93-77(113)54(40-52-18-10-8-11-19-52)42-66(104)63(41-53-20-12-9-13-21-53)95-72(108)28-33-92-71(107)25-24-62(80(117)118)98-84(120)99-73(126-51-103)26-27-74(109)110;2-1-3/h8-15,18-23,44,46,51,54-55,60,62-64,69,73,81-83,96,119,122-123H,6-7,16-17,24-43,45,47-50,91H2,1-5H3,(H,92,107)(H,93,113)(H,94,121)(H,95,108)(H,97,114)(H,109,110)(H,111,112)(H,115,116)(H,117,118)(H2,98,99,120);/t54-,55+,60+,62+,63+,64+,69?,73-,81+,82?,83-,86-,87-,88+,89-,90+;/m1./s1. The molecule has 5 aromatic rings. The van der Waals surface area contributed by atoms with E-state index < -0.39 is 210 Å². The summed E-state index contributed by atoms with van der Waals surface area (Å²) in [6, 6.07) is 20.7. The van der Waals surface area contributed by atoms with Gasteiger partial charge in [0.25, 0.3) is 6.47 Å². The Bertz CT molecular complexity index is 5010. The Labute approximate surface area is 764 Å². The second kappa shape index (κ2) is 45.7. The van der Waals surface area contributed by atoms with Crippen molar-refractivity contribution >= 4 is 128 Å². The lowest BCUT2D eigenvalue weighted by atomic mass is 9.46. The summed E-state index contributed by atoms with van der Waals surface area (Å²) in [4.78, 5) is 210. The van der Waals surface area contributed by atoms with Crippen LogP contribution in [0.15, 0.2) is 97.1 Å². The zero-order valence-electron chi connectivity index (χ0n) is 73.8. The SMILES string of the molecule is CC[C@]1(O)CCCN2CCc3c([nH]c4ccccc34)[C@@](C)(c3cc4c(cc3OC)N(C)C3[C@]45CCN4CCC[C@@](CC)([C@@H](O)[C@]3(O)C(=O)CNC(=O)OCCSSC[C@H](CC(=O)[C@H](CC(=O)O)NC(=O)[C@@H](N)CNC(=O)[C@@H](CC(=O)[C@H](Cc3ccccc3)NC(=O)CCNC(=O)CC[C@H](NC(=O)N[C@@H](CCC(=O)O)OC=O)C(=O)O)Cc3ccccc3)C(=O)O)[C@H]45)CC21.O=C=O. The molecular weight excluding hydrogens is 1740 g/mol. The molecule has 4 fully saturated rings. The number of ketones is 3. The number of carboxylic acid groups (broad SMARTS) is 4. The third kappa shape index (κ3) is 23.6. The Morgan fingerprint density at radius 3 is 1.99 bits per heavy atom. The third-order valence-corrected chi connectivity index (χ3v) is 29.3. The van der Waals surface area contributed by atoms with Gasteiger partial charge in [-0.05, 0) is 138 Å². The van der Waals surface area contributed by atoms with Crippen LogP contribution < -0.4 is 52.6 Å². The Kier molecular flexibility index (Phi) is 35.5. The predicted molar refractivity (Wildman–Crippen MR) is 476 cm³/mol. The number of carbonyl (C=O) groups excluding carboxylic acids is 12. The van der Waals surface area contributed by atoms with Crippen molar-refractivity contribution in [2.24, 2.45) is 23.0 Å². The molecule has 131 heavy (non-hydrogen) atoms. The summed E-state index contributed by atoms with van der Waals surface area (Å²) in [5.74, 6) is -13.6. The van der Waals surface area contributed by atoms with E-state index in [1.54, 1.807) is 67.8 Å². The van der Waals surface area contributed by atoms with Crippen molar-refractivity contribution in [2.45, 2.75) is 219 Å². The molecule has 17 N–H and O–H groups in total. The number of H-pyrrole nitrogens is 1. The number of likely N-dealkylation sites (N-methyl/N-ethyl adjacent to an activating group) is 1. The Morgan fingerprint density at radius 1 is 0.672 bits per heavy atom. The van der Waals surface area contributed by atoms with Crippen LogP contribution in [-0.2, 0) is 107 Å². The maximum atomic E-state index is 15.4. The molecule has 1 aromatic heterocycles. The number of carbonyl (C=O) groups is 14. The molecule has 1 aliphatic carbocycles. The first-order chi connectivity index (χ1) is 62.5. The normalized spacial score (nSPS) is 23.9. The predicted octanol–water partition coefficient (Wildman–Crippen LogP) is 3.57. The van der Waals surface area contributed by atoms with Gasteiger partial charge in [-0.1, -0.05) is 114 Å². The molecule has 710 valence electrons. The van der Waals surface area contributed by atoms with Crippen molar-refractivity contribution < 1.29 is 127 Å². The molecule has 1 spiro atoms. The molecule has 3 saturated heterocycles. The molecule has 7 amide bonds. The van der Waals surface area contributed by atoms with E-state index in [2.05, 4.69) is 94.9 Å². The second-order valence-corrected chi connectivity index (χ2v) is 37.3. The number of nitrogens with one attached hydrogen (secondary N) is 8. The number of aliphatic hydroxyl groups excluding tert-OH is 1. The molecule has 0 bridgehead atoms. The third-order valence-electron chi connectivity index (χ3n) is 26.9. The maximum Gasteiger partial charge on any atom is 0.407 e. The van der Waals surface area contributed by atoms with Crippen molar-refractivity contribution in [2.75, 3.05) is 83.0 Å². The van der Waals surface area contributed by atoms with Crippen molar-refractivity contribution in [3.05, 3.63) is 131 Å². The van der Waals surface area contributed by atoms with Gasteiger partial charge in [-0.25, -0.2) is 14.4 Å². The van der Waals surface area contributed by atoms with Crippen LogP contribution in [0.4, 0.5) is 15.3 Å². The average Bonchev–Trinajstić information content (AvgIpc) is 1.48. The van der Waals surface area contributed by atoms with Crippen LogP contribution in [0.5, 0.6) is 5.75 Å². The first kappa shape index (κ1) is 102. The Hall–Kier alpha value is -11.4. The fourth-order valence-electron chi connectivity index (χ4n) is 20.6. The number of benzene rings is 4. The largest absolute Gasteiger partial charge is 0.496 e. The number of rotatable bonds is 46. The van der Waals surface area contributed by atoms with E-state index in [0.29, 0.717) is 68.4 Å². The van der Waals surface area contributed by atoms with Gasteiger partial charge in [0.2, 0.25) is 23.6 Å². The van der Waals surface area contributed by atoms with E-state index in [1.165, 1.54) is 5.56 Å². The number of carboxylic acids is 4. The summed E-state index contributed by atoms with van der Waals surface area (Å²) in [6.45, 7) is 7.40. The minimum Gasteiger partial charge on any atom is -0.496 e.